The smallest absolute Gasteiger partial charge is 0.248 e. The van der Waals surface area contributed by atoms with Gasteiger partial charge in [-0.25, -0.2) is 0 Å². The summed E-state index contributed by atoms with van der Waals surface area (Å²) in [5, 5.41) is 10.8. The third-order valence-corrected chi connectivity index (χ3v) is 3.28. The molecule has 1 aromatic heterocycles. The summed E-state index contributed by atoms with van der Waals surface area (Å²) in [7, 11) is 0. The molecule has 2 aromatic rings. The van der Waals surface area contributed by atoms with Crippen molar-refractivity contribution in [2.75, 3.05) is 5.32 Å². The predicted octanol–water partition coefficient (Wildman–Crippen LogP) is 2.77. The van der Waals surface area contributed by atoms with Gasteiger partial charge in [0.05, 0.1) is 0 Å². The third kappa shape index (κ3) is 3.01. The van der Waals surface area contributed by atoms with Crippen LogP contribution in [0, 0.1) is 6.92 Å². The number of carbonyl (C=O) groups is 1. The molecule has 0 bridgehead atoms. The third-order valence-electron chi connectivity index (χ3n) is 2.08. The number of alkyl halides is 1. The molecule has 0 saturated heterocycles. The standard InChI is InChI=1S/C11H10ClN3OS/c1-7-14-15-11(17-7)13-10(16)9(12)8-5-3-2-4-6-8/h2-6,9H,1H3,(H,13,15,16)/t9-/m0/s1. The van der Waals surface area contributed by atoms with Crippen molar-refractivity contribution in [2.24, 2.45) is 0 Å². The molecule has 0 unspecified atom stereocenters. The first-order valence-electron chi connectivity index (χ1n) is 4.97. The van der Waals surface area contributed by atoms with Crippen LogP contribution < -0.4 is 5.32 Å². The van der Waals surface area contributed by atoms with E-state index in [1.54, 1.807) is 0 Å². The number of hydrogen-bond acceptors (Lipinski definition) is 4. The zero-order valence-corrected chi connectivity index (χ0v) is 10.6. The molecule has 1 N–H and O–H groups in total. The van der Waals surface area contributed by atoms with Crippen molar-refractivity contribution in [1.29, 1.82) is 0 Å². The molecule has 88 valence electrons. The van der Waals surface area contributed by atoms with Crippen molar-refractivity contribution in [3.05, 3.63) is 40.9 Å². The van der Waals surface area contributed by atoms with E-state index in [0.717, 1.165) is 10.6 Å². The molecule has 17 heavy (non-hydrogen) atoms. The largest absolute Gasteiger partial charge is 0.299 e. The van der Waals surface area contributed by atoms with Crippen LogP contribution in [0.15, 0.2) is 30.3 Å². The number of anilines is 1. The Morgan fingerprint density at radius 2 is 2.06 bits per heavy atom. The maximum Gasteiger partial charge on any atom is 0.248 e. The van der Waals surface area contributed by atoms with Gasteiger partial charge in [-0.15, -0.1) is 21.8 Å². The molecule has 0 radical (unpaired) electrons. The molecule has 4 nitrogen and oxygen atoms in total. The lowest BCUT2D eigenvalue weighted by atomic mass is 10.1. The molecule has 0 aliphatic heterocycles. The monoisotopic (exact) mass is 267 g/mol. The summed E-state index contributed by atoms with van der Waals surface area (Å²) < 4.78 is 0. The molecule has 0 aliphatic rings. The van der Waals surface area contributed by atoms with Crippen molar-refractivity contribution < 1.29 is 4.79 Å². The lowest BCUT2D eigenvalue weighted by Gasteiger charge is -2.08. The Bertz CT molecular complexity index is 514. The second kappa shape index (κ2) is 5.25. The number of nitrogens with zero attached hydrogens (tertiary/aromatic N) is 2. The van der Waals surface area contributed by atoms with E-state index >= 15 is 0 Å². The van der Waals surface area contributed by atoms with E-state index < -0.39 is 5.38 Å². The second-order valence-corrected chi connectivity index (χ2v) is 5.01. The molecule has 1 atom stereocenters. The number of rotatable bonds is 3. The van der Waals surface area contributed by atoms with E-state index in [1.807, 2.05) is 37.3 Å². The number of benzene rings is 1. The van der Waals surface area contributed by atoms with Gasteiger partial charge in [-0.3, -0.25) is 10.1 Å². The number of aromatic nitrogens is 2. The minimum Gasteiger partial charge on any atom is -0.299 e. The fraction of sp³-hybridized carbons (Fsp3) is 0.182. The number of amides is 1. The van der Waals surface area contributed by atoms with Crippen molar-refractivity contribution >= 4 is 34.0 Å². The number of hydrogen-bond donors (Lipinski definition) is 1. The molecule has 1 amide bonds. The summed E-state index contributed by atoms with van der Waals surface area (Å²) in [6.45, 7) is 1.82. The average Bonchev–Trinajstić information content (AvgIpc) is 2.75. The van der Waals surface area contributed by atoms with Gasteiger partial charge in [0, 0.05) is 0 Å². The minimum atomic E-state index is -0.722. The fourth-order valence-electron chi connectivity index (χ4n) is 1.29. The first kappa shape index (κ1) is 12.0. The van der Waals surface area contributed by atoms with E-state index in [4.69, 9.17) is 11.6 Å². The van der Waals surface area contributed by atoms with Crippen LogP contribution in [0.2, 0.25) is 0 Å². The Hall–Kier alpha value is -1.46. The van der Waals surface area contributed by atoms with Gasteiger partial charge >= 0.3 is 0 Å². The molecule has 0 saturated carbocycles. The van der Waals surface area contributed by atoms with Crippen molar-refractivity contribution in [2.45, 2.75) is 12.3 Å². The molecule has 6 heteroatoms. The van der Waals surface area contributed by atoms with Crippen LogP contribution in [0.3, 0.4) is 0 Å². The average molecular weight is 268 g/mol. The maximum absolute atomic E-state index is 11.8. The van der Waals surface area contributed by atoms with Gasteiger partial charge in [-0.1, -0.05) is 41.7 Å². The number of aryl methyl sites for hydroxylation is 1. The summed E-state index contributed by atoms with van der Waals surface area (Å²) >= 11 is 7.37. The van der Waals surface area contributed by atoms with Crippen molar-refractivity contribution in [1.82, 2.24) is 10.2 Å². The SMILES string of the molecule is Cc1nnc(NC(=O)[C@@H](Cl)c2ccccc2)s1. The van der Waals surface area contributed by atoms with Crippen LogP contribution in [-0.4, -0.2) is 16.1 Å². The first-order chi connectivity index (χ1) is 8.16. The summed E-state index contributed by atoms with van der Waals surface area (Å²) in [6.07, 6.45) is 0. The second-order valence-electron chi connectivity index (χ2n) is 3.39. The molecule has 1 aromatic carbocycles. The van der Waals surface area contributed by atoms with E-state index in [0.29, 0.717) is 5.13 Å². The van der Waals surface area contributed by atoms with Crippen molar-refractivity contribution in [3.63, 3.8) is 0 Å². The topological polar surface area (TPSA) is 54.9 Å². The first-order valence-corrected chi connectivity index (χ1v) is 6.22. The number of carbonyl (C=O) groups excluding carboxylic acids is 1. The van der Waals surface area contributed by atoms with Gasteiger partial charge in [0.15, 0.2) is 0 Å². The maximum atomic E-state index is 11.8. The summed E-state index contributed by atoms with van der Waals surface area (Å²) in [5.41, 5.74) is 0.757. The highest BCUT2D eigenvalue weighted by molar-refractivity contribution is 7.15. The van der Waals surface area contributed by atoms with Crippen molar-refractivity contribution in [3.8, 4) is 0 Å². The Kier molecular flexibility index (Phi) is 3.71. The van der Waals surface area contributed by atoms with E-state index in [-0.39, 0.29) is 5.91 Å². The molecule has 1 heterocycles. The molecule has 0 spiro atoms. The molecule has 2 rings (SSSR count). The van der Waals surface area contributed by atoms with Crippen LogP contribution in [0.5, 0.6) is 0 Å². The lowest BCUT2D eigenvalue weighted by molar-refractivity contribution is -0.116. The van der Waals surface area contributed by atoms with Crippen LogP contribution in [0.4, 0.5) is 5.13 Å². The molecule has 0 fully saturated rings. The fourth-order valence-corrected chi connectivity index (χ4v) is 2.08. The van der Waals surface area contributed by atoms with Gasteiger partial charge in [0.2, 0.25) is 11.0 Å². The summed E-state index contributed by atoms with van der Waals surface area (Å²) in [6, 6.07) is 9.17. The predicted molar refractivity (Wildman–Crippen MR) is 68.3 cm³/mol. The summed E-state index contributed by atoms with van der Waals surface area (Å²) in [5.74, 6) is -0.297. The van der Waals surface area contributed by atoms with Crippen LogP contribution in [0.1, 0.15) is 15.9 Å². The molecule has 0 aliphatic carbocycles. The highest BCUT2D eigenvalue weighted by Crippen LogP contribution is 2.23. The van der Waals surface area contributed by atoms with Crippen LogP contribution in [-0.2, 0) is 4.79 Å². The Morgan fingerprint density at radius 3 is 2.65 bits per heavy atom. The summed E-state index contributed by atoms with van der Waals surface area (Å²) in [4.78, 5) is 11.8. The molecular formula is C11H10ClN3OS. The van der Waals surface area contributed by atoms with Crippen LogP contribution in [0.25, 0.3) is 0 Å². The quantitative estimate of drug-likeness (QED) is 0.870. The van der Waals surface area contributed by atoms with E-state index in [9.17, 15) is 4.79 Å². The van der Waals surface area contributed by atoms with E-state index in [2.05, 4.69) is 15.5 Å². The lowest BCUT2D eigenvalue weighted by Crippen LogP contribution is -2.17. The zero-order chi connectivity index (χ0) is 12.3. The van der Waals surface area contributed by atoms with Gasteiger partial charge in [-0.2, -0.15) is 0 Å². The van der Waals surface area contributed by atoms with Gasteiger partial charge < -0.3 is 0 Å². The van der Waals surface area contributed by atoms with Gasteiger partial charge in [-0.05, 0) is 12.5 Å². The van der Waals surface area contributed by atoms with Gasteiger partial charge in [0.25, 0.3) is 0 Å². The van der Waals surface area contributed by atoms with Crippen LogP contribution >= 0.6 is 22.9 Å². The normalized spacial score (nSPS) is 12.1. The molecular weight excluding hydrogens is 258 g/mol. The number of nitrogens with one attached hydrogen (secondary N) is 1. The highest BCUT2D eigenvalue weighted by atomic mass is 35.5. The minimum absolute atomic E-state index is 0.297. The Labute approximate surface area is 108 Å². The zero-order valence-electron chi connectivity index (χ0n) is 9.05. The van der Waals surface area contributed by atoms with E-state index in [1.165, 1.54) is 11.3 Å². The highest BCUT2D eigenvalue weighted by Gasteiger charge is 2.18. The Morgan fingerprint density at radius 1 is 1.35 bits per heavy atom. The van der Waals surface area contributed by atoms with Gasteiger partial charge in [0.1, 0.15) is 10.4 Å². The Balaban J connectivity index is 2.06. The number of halogens is 1.